The summed E-state index contributed by atoms with van der Waals surface area (Å²) in [6.45, 7) is 8.89. The smallest absolute Gasteiger partial charge is 0.748 e. The van der Waals surface area contributed by atoms with Crippen LogP contribution in [0.4, 0.5) is 11.4 Å². The van der Waals surface area contributed by atoms with Crippen molar-refractivity contribution in [2.75, 3.05) is 29.5 Å². The molecule has 0 aromatic heterocycles. The number of hydrogen-bond acceptors (Lipinski definition) is 8. The Morgan fingerprint density at radius 3 is 2.11 bits per heavy atom. The second-order valence-corrected chi connectivity index (χ2v) is 18.7. The molecule has 0 radical (unpaired) electrons. The zero-order chi connectivity index (χ0) is 40.5. The molecule has 0 bridgehead atoms. The molecule has 0 spiro atoms. The van der Waals surface area contributed by atoms with Crippen molar-refractivity contribution in [2.24, 2.45) is 0 Å². The van der Waals surface area contributed by atoms with Crippen LogP contribution in [-0.4, -0.2) is 83.0 Å². The van der Waals surface area contributed by atoms with Crippen LogP contribution in [0.2, 0.25) is 0 Å². The topological polar surface area (TPSA) is 192 Å². The molecule has 296 valence electrons. The molecule has 0 unspecified atom stereocenters. The van der Waals surface area contributed by atoms with Crippen molar-refractivity contribution in [1.29, 1.82) is 0 Å². The number of aromatic carboxylic acids is 2. The van der Waals surface area contributed by atoms with Gasteiger partial charge in [0.25, 0.3) is 10.1 Å². The van der Waals surface area contributed by atoms with Crippen LogP contribution < -0.4 is 34.5 Å². The maximum atomic E-state index is 11.9. The fourth-order valence-corrected chi connectivity index (χ4v) is 9.21. The number of nitrogens with zero attached hydrogens (tertiary/aromatic N) is 2. The summed E-state index contributed by atoms with van der Waals surface area (Å²) in [5.41, 5.74) is 5.97. The monoisotopic (exact) mass is 837 g/mol. The van der Waals surface area contributed by atoms with Gasteiger partial charge in [-0.05, 0) is 105 Å². The molecule has 2 aromatic carbocycles. The number of rotatable bonds is 15. The van der Waals surface area contributed by atoms with Crippen molar-refractivity contribution in [3.8, 4) is 0 Å². The van der Waals surface area contributed by atoms with Crippen LogP contribution in [0, 0.1) is 0 Å². The summed E-state index contributed by atoms with van der Waals surface area (Å²) in [6.07, 6.45) is 11.5. The molecule has 0 atom stereocenters. The number of halogens is 1. The maximum Gasteiger partial charge on any atom is 1.00 e. The van der Waals surface area contributed by atoms with E-state index < -0.39 is 48.8 Å². The Labute approximate surface area is 356 Å². The second kappa shape index (κ2) is 17.8. The van der Waals surface area contributed by atoms with Crippen LogP contribution in [0.25, 0.3) is 0 Å². The van der Waals surface area contributed by atoms with Crippen molar-refractivity contribution in [1.82, 2.24) is 0 Å². The summed E-state index contributed by atoms with van der Waals surface area (Å²) in [7, 11) is -8.46. The normalized spacial score (nSPS) is 19.2. The summed E-state index contributed by atoms with van der Waals surface area (Å²) < 4.78 is 67.8. The van der Waals surface area contributed by atoms with Gasteiger partial charge < -0.3 is 19.7 Å². The minimum Gasteiger partial charge on any atom is -0.748 e. The van der Waals surface area contributed by atoms with Gasteiger partial charge in [-0.2, -0.15) is 13.0 Å². The van der Waals surface area contributed by atoms with Crippen molar-refractivity contribution in [3.05, 3.63) is 105 Å². The van der Waals surface area contributed by atoms with E-state index in [1.165, 1.54) is 0 Å². The van der Waals surface area contributed by atoms with Crippen molar-refractivity contribution >= 4 is 60.9 Å². The third kappa shape index (κ3) is 10.3. The van der Waals surface area contributed by atoms with E-state index >= 15 is 0 Å². The first-order chi connectivity index (χ1) is 25.6. The summed E-state index contributed by atoms with van der Waals surface area (Å²) in [5.74, 6) is -2.90. The Kier molecular flexibility index (Phi) is 14.5. The molecule has 5 rings (SSSR count). The van der Waals surface area contributed by atoms with Gasteiger partial charge in [-0.15, -0.1) is 0 Å². The van der Waals surface area contributed by atoms with Gasteiger partial charge in [0.05, 0.1) is 32.4 Å². The molecular weight excluding hydrogens is 791 g/mol. The SMILES string of the molecule is CC1(C)C(=CC=C2CCCC(C=CC3=[N+](CCCCS(=O)(=O)O)c4ccc(C(=O)O)cc4C3(C)C)=C2Cl)N(CCCCS(=O)(=O)[O-])c2ccc(C(=O)O)cc21.[Na+]. The van der Waals surface area contributed by atoms with E-state index in [4.69, 9.17) is 11.6 Å². The molecule has 12 nitrogen and oxygen atoms in total. The van der Waals surface area contributed by atoms with E-state index in [9.17, 15) is 45.7 Å². The molecule has 3 aliphatic rings. The number of benzene rings is 2. The van der Waals surface area contributed by atoms with Gasteiger partial charge in [0.2, 0.25) is 5.69 Å². The van der Waals surface area contributed by atoms with Gasteiger partial charge in [-0.3, -0.25) is 4.55 Å². The van der Waals surface area contributed by atoms with E-state index in [1.807, 2.05) is 56.9 Å². The quantitative estimate of drug-likeness (QED) is 0.100. The third-order valence-corrected chi connectivity index (χ3v) is 12.8. The van der Waals surface area contributed by atoms with Gasteiger partial charge in [-0.1, -0.05) is 37.6 Å². The van der Waals surface area contributed by atoms with Gasteiger partial charge >= 0.3 is 41.5 Å². The zero-order valence-corrected chi connectivity index (χ0v) is 36.7. The van der Waals surface area contributed by atoms with Crippen LogP contribution in [-0.2, 0) is 31.1 Å². The van der Waals surface area contributed by atoms with Crippen LogP contribution in [0.1, 0.15) is 104 Å². The summed E-state index contributed by atoms with van der Waals surface area (Å²) in [6, 6.07) is 9.96. The summed E-state index contributed by atoms with van der Waals surface area (Å²) in [5, 5.41) is 20.0. The maximum absolute atomic E-state index is 11.9. The van der Waals surface area contributed by atoms with E-state index in [-0.39, 0.29) is 59.3 Å². The minimum absolute atomic E-state index is 0. The molecule has 0 amide bonds. The molecule has 56 heavy (non-hydrogen) atoms. The number of allylic oxidation sites excluding steroid dienone is 8. The minimum atomic E-state index is -4.35. The average Bonchev–Trinajstić information content (AvgIpc) is 3.43. The predicted octanol–water partition coefficient (Wildman–Crippen LogP) is 4.30. The number of carboxylic acid groups (broad SMARTS) is 2. The molecular formula is C40H47ClN2NaO10S2+. The van der Waals surface area contributed by atoms with Crippen molar-refractivity contribution in [2.45, 2.75) is 83.5 Å². The molecule has 2 heterocycles. The van der Waals surface area contributed by atoms with Crippen molar-refractivity contribution < 1.29 is 79.9 Å². The standard InChI is InChI=1S/C40H47ClN2O10S2.Na/c1-39(2)30-24-28(37(44)45)12-16-32(30)42(20-5-7-22-54(48,49)50)34(39)18-14-26-10-9-11-27(36(26)41)15-19-35-40(3,4)31-25-29(38(46)47)13-17-33(31)43(35)21-6-8-23-55(51,52)53;/h12-19,24-25H,5-11,20-23H2,1-4H3,(H3-,44,45,46,47,48,49,50,51,52,53);/q;+1. The average molecular weight is 838 g/mol. The molecule has 2 aromatic rings. The third-order valence-electron chi connectivity index (χ3n) is 10.7. The Morgan fingerprint density at radius 2 is 1.48 bits per heavy atom. The van der Waals surface area contributed by atoms with Crippen LogP contribution in [0.3, 0.4) is 0 Å². The number of hydrogen-bond donors (Lipinski definition) is 3. The van der Waals surface area contributed by atoms with Gasteiger partial charge in [0, 0.05) is 58.3 Å². The Bertz CT molecular complexity index is 2290. The Morgan fingerprint density at radius 1 is 0.857 bits per heavy atom. The number of fused-ring (bicyclic) bond motifs is 2. The predicted molar refractivity (Wildman–Crippen MR) is 211 cm³/mol. The second-order valence-electron chi connectivity index (χ2n) is 15.2. The largest absolute Gasteiger partial charge is 1.00 e. The molecule has 0 fully saturated rings. The van der Waals surface area contributed by atoms with E-state index in [0.29, 0.717) is 43.8 Å². The van der Waals surface area contributed by atoms with Crippen LogP contribution in [0.15, 0.2) is 82.6 Å². The van der Waals surface area contributed by atoms with Gasteiger partial charge in [-0.25, -0.2) is 18.0 Å². The first-order valence-electron chi connectivity index (χ1n) is 18.2. The first-order valence-corrected chi connectivity index (χ1v) is 21.7. The molecule has 1 aliphatic carbocycles. The molecule has 3 N–H and O–H groups in total. The fraction of sp³-hybridized carbons (Fsp3) is 0.425. The van der Waals surface area contributed by atoms with Crippen LogP contribution >= 0.6 is 11.6 Å². The van der Waals surface area contributed by atoms with E-state index in [2.05, 4.69) is 4.58 Å². The molecule has 2 aliphatic heterocycles. The zero-order valence-electron chi connectivity index (χ0n) is 32.3. The van der Waals surface area contributed by atoms with E-state index in [0.717, 1.165) is 51.5 Å². The fourth-order valence-electron chi connectivity index (χ4n) is 7.77. The number of anilines is 1. The Hall–Kier alpha value is -3.08. The van der Waals surface area contributed by atoms with Crippen molar-refractivity contribution in [3.63, 3.8) is 0 Å². The van der Waals surface area contributed by atoms with Gasteiger partial charge in [0.15, 0.2) is 5.71 Å². The summed E-state index contributed by atoms with van der Waals surface area (Å²) in [4.78, 5) is 25.8. The number of carbonyl (C=O) groups is 2. The van der Waals surface area contributed by atoms with E-state index in [1.54, 1.807) is 36.4 Å². The molecule has 0 saturated carbocycles. The first kappa shape index (κ1) is 45.6. The number of carboxylic acids is 2. The van der Waals surface area contributed by atoms with Crippen LogP contribution in [0.5, 0.6) is 0 Å². The number of unbranched alkanes of at least 4 members (excludes halogenated alkanes) is 2. The van der Waals surface area contributed by atoms with Gasteiger partial charge in [0.1, 0.15) is 6.54 Å². The molecule has 16 heteroatoms. The summed E-state index contributed by atoms with van der Waals surface area (Å²) >= 11 is 7.11. The molecule has 0 saturated heterocycles. The Balaban J connectivity index is 0.00000696.